The highest BCUT2D eigenvalue weighted by atomic mass is 32.1. The zero-order chi connectivity index (χ0) is 15.5. The lowest BCUT2D eigenvalue weighted by molar-refractivity contribution is -0.0430. The highest BCUT2D eigenvalue weighted by molar-refractivity contribution is 7.09. The lowest BCUT2D eigenvalue weighted by atomic mass is 9.85. The zero-order valence-corrected chi connectivity index (χ0v) is 14.8. The molecule has 0 aromatic carbocycles. The molecule has 21 heavy (non-hydrogen) atoms. The highest BCUT2D eigenvalue weighted by Gasteiger charge is 2.37. The SMILES string of the molecule is COC1(C(N)Cc2nc(C(C)(C)C)cs2)CCCCCC1. The van der Waals surface area contributed by atoms with Crippen molar-refractivity contribution in [1.29, 1.82) is 0 Å². The quantitative estimate of drug-likeness (QED) is 0.853. The lowest BCUT2D eigenvalue weighted by Gasteiger charge is -2.37. The van der Waals surface area contributed by atoms with E-state index in [1.807, 2.05) is 7.11 Å². The number of nitrogens with zero attached hydrogens (tertiary/aromatic N) is 1. The summed E-state index contributed by atoms with van der Waals surface area (Å²) in [6, 6.07) is 0.0413. The number of aromatic nitrogens is 1. The molecular formula is C17H30N2OS. The van der Waals surface area contributed by atoms with E-state index >= 15 is 0 Å². The Hall–Kier alpha value is -0.450. The number of rotatable bonds is 4. The number of thiazole rings is 1. The summed E-state index contributed by atoms with van der Waals surface area (Å²) in [5.41, 5.74) is 7.69. The van der Waals surface area contributed by atoms with Gasteiger partial charge in [0.2, 0.25) is 0 Å². The van der Waals surface area contributed by atoms with Crippen LogP contribution in [0, 0.1) is 0 Å². The molecule has 2 N–H and O–H groups in total. The first-order valence-corrected chi connectivity index (χ1v) is 9.01. The molecule has 0 radical (unpaired) electrons. The van der Waals surface area contributed by atoms with Gasteiger partial charge in [-0.05, 0) is 12.8 Å². The molecule has 1 fully saturated rings. The Bertz CT molecular complexity index is 442. The average Bonchev–Trinajstić information content (AvgIpc) is 2.75. The van der Waals surface area contributed by atoms with Gasteiger partial charge in [-0.2, -0.15) is 0 Å². The Kier molecular flexibility index (Phi) is 5.44. The van der Waals surface area contributed by atoms with Crippen molar-refractivity contribution < 1.29 is 4.74 Å². The highest BCUT2D eigenvalue weighted by Crippen LogP contribution is 2.34. The van der Waals surface area contributed by atoms with Crippen molar-refractivity contribution in [1.82, 2.24) is 4.98 Å². The predicted molar refractivity (Wildman–Crippen MR) is 89.9 cm³/mol. The van der Waals surface area contributed by atoms with Gasteiger partial charge in [-0.3, -0.25) is 0 Å². The van der Waals surface area contributed by atoms with Crippen molar-refractivity contribution in [3.63, 3.8) is 0 Å². The minimum Gasteiger partial charge on any atom is -0.377 e. The maximum absolute atomic E-state index is 6.56. The van der Waals surface area contributed by atoms with Crippen molar-refractivity contribution >= 4 is 11.3 Å². The molecule has 0 aliphatic heterocycles. The molecule has 1 aliphatic rings. The number of hydrogen-bond acceptors (Lipinski definition) is 4. The van der Waals surface area contributed by atoms with Crippen molar-refractivity contribution in [3.8, 4) is 0 Å². The topological polar surface area (TPSA) is 48.1 Å². The minimum absolute atomic E-state index is 0.0413. The van der Waals surface area contributed by atoms with Gasteiger partial charge in [0.05, 0.1) is 16.3 Å². The van der Waals surface area contributed by atoms with Gasteiger partial charge in [-0.25, -0.2) is 4.98 Å². The molecule has 1 saturated carbocycles. The predicted octanol–water partition coefficient (Wildman–Crippen LogP) is 4.05. The molecule has 1 unspecified atom stereocenters. The first-order valence-electron chi connectivity index (χ1n) is 8.13. The van der Waals surface area contributed by atoms with E-state index in [9.17, 15) is 0 Å². The molecule has 2 rings (SSSR count). The van der Waals surface area contributed by atoms with Crippen LogP contribution < -0.4 is 5.73 Å². The maximum atomic E-state index is 6.56. The third-order valence-corrected chi connectivity index (χ3v) is 5.62. The standard InChI is InChI=1S/C17H30N2OS/c1-16(2,3)14-12-21-15(19-14)11-13(18)17(20-4)9-7-5-6-8-10-17/h12-13H,5-11,18H2,1-4H3. The van der Waals surface area contributed by atoms with Crippen molar-refractivity contribution in [2.75, 3.05) is 7.11 Å². The number of methoxy groups -OCH3 is 1. The van der Waals surface area contributed by atoms with E-state index in [0.29, 0.717) is 0 Å². The molecule has 1 aliphatic carbocycles. The first kappa shape index (κ1) is 16.9. The van der Waals surface area contributed by atoms with Crippen LogP contribution in [-0.2, 0) is 16.6 Å². The third kappa shape index (κ3) is 4.05. The molecule has 4 heteroatoms. The van der Waals surface area contributed by atoms with Crippen molar-refractivity contribution in [3.05, 3.63) is 16.1 Å². The van der Waals surface area contributed by atoms with Crippen LogP contribution in [0.3, 0.4) is 0 Å². The summed E-state index contributed by atoms with van der Waals surface area (Å²) in [6.45, 7) is 6.61. The van der Waals surface area contributed by atoms with E-state index in [-0.39, 0.29) is 17.1 Å². The van der Waals surface area contributed by atoms with Crippen LogP contribution in [0.1, 0.15) is 70.0 Å². The van der Waals surface area contributed by atoms with Gasteiger partial charge >= 0.3 is 0 Å². The second-order valence-electron chi connectivity index (χ2n) is 7.37. The molecule has 0 bridgehead atoms. The number of nitrogens with two attached hydrogens (primary N) is 1. The van der Waals surface area contributed by atoms with Crippen LogP contribution in [0.2, 0.25) is 0 Å². The van der Waals surface area contributed by atoms with E-state index in [1.165, 1.54) is 31.4 Å². The monoisotopic (exact) mass is 310 g/mol. The summed E-state index contributed by atoms with van der Waals surface area (Å²) in [5.74, 6) is 0. The summed E-state index contributed by atoms with van der Waals surface area (Å²) >= 11 is 1.74. The smallest absolute Gasteiger partial charge is 0.0945 e. The molecule has 0 amide bonds. The molecule has 3 nitrogen and oxygen atoms in total. The van der Waals surface area contributed by atoms with Crippen LogP contribution in [0.15, 0.2) is 5.38 Å². The lowest BCUT2D eigenvalue weighted by Crippen LogP contribution is -2.50. The maximum Gasteiger partial charge on any atom is 0.0945 e. The zero-order valence-electron chi connectivity index (χ0n) is 13.9. The van der Waals surface area contributed by atoms with Crippen LogP contribution in [0.5, 0.6) is 0 Å². The Balaban J connectivity index is 2.08. The fraction of sp³-hybridized carbons (Fsp3) is 0.824. The Labute approximate surface area is 133 Å². The van der Waals surface area contributed by atoms with E-state index in [4.69, 9.17) is 15.5 Å². The Morgan fingerprint density at radius 2 is 1.90 bits per heavy atom. The number of hydrogen-bond donors (Lipinski definition) is 1. The molecular weight excluding hydrogens is 280 g/mol. The molecule has 0 spiro atoms. The minimum atomic E-state index is -0.149. The molecule has 1 aromatic heterocycles. The largest absolute Gasteiger partial charge is 0.377 e. The molecule has 1 heterocycles. The van der Waals surface area contributed by atoms with E-state index in [0.717, 1.165) is 24.3 Å². The number of ether oxygens (including phenoxy) is 1. The second kappa shape index (κ2) is 6.76. The van der Waals surface area contributed by atoms with Crippen LogP contribution in [-0.4, -0.2) is 23.7 Å². The fourth-order valence-electron chi connectivity index (χ4n) is 3.18. The van der Waals surface area contributed by atoms with E-state index < -0.39 is 0 Å². The summed E-state index contributed by atoms with van der Waals surface area (Å²) < 4.78 is 5.92. The molecule has 120 valence electrons. The summed E-state index contributed by atoms with van der Waals surface area (Å²) in [5, 5.41) is 3.32. The summed E-state index contributed by atoms with van der Waals surface area (Å²) in [6.07, 6.45) is 8.07. The van der Waals surface area contributed by atoms with Gasteiger partial charge in [-0.15, -0.1) is 11.3 Å². The van der Waals surface area contributed by atoms with Crippen LogP contribution in [0.4, 0.5) is 0 Å². The van der Waals surface area contributed by atoms with Crippen LogP contribution in [0.25, 0.3) is 0 Å². The van der Waals surface area contributed by atoms with Crippen LogP contribution >= 0.6 is 11.3 Å². The molecule has 1 aromatic rings. The van der Waals surface area contributed by atoms with E-state index in [2.05, 4.69) is 26.2 Å². The average molecular weight is 311 g/mol. The van der Waals surface area contributed by atoms with Crippen molar-refractivity contribution in [2.24, 2.45) is 5.73 Å². The fourth-order valence-corrected chi connectivity index (χ4v) is 4.26. The van der Waals surface area contributed by atoms with Gasteiger partial charge in [-0.1, -0.05) is 46.5 Å². The Morgan fingerprint density at radius 1 is 1.29 bits per heavy atom. The Morgan fingerprint density at radius 3 is 2.38 bits per heavy atom. The van der Waals surface area contributed by atoms with Gasteiger partial charge in [0.1, 0.15) is 0 Å². The second-order valence-corrected chi connectivity index (χ2v) is 8.31. The molecule has 1 atom stereocenters. The molecule has 0 saturated heterocycles. The van der Waals surface area contributed by atoms with Gasteiger partial charge in [0.25, 0.3) is 0 Å². The third-order valence-electron chi connectivity index (χ3n) is 4.75. The van der Waals surface area contributed by atoms with Gasteiger partial charge in [0.15, 0.2) is 0 Å². The first-order chi connectivity index (χ1) is 9.87. The normalized spacial score (nSPS) is 21.0. The van der Waals surface area contributed by atoms with Gasteiger partial charge < -0.3 is 10.5 Å². The van der Waals surface area contributed by atoms with Crippen molar-refractivity contribution in [2.45, 2.75) is 82.8 Å². The van der Waals surface area contributed by atoms with Gasteiger partial charge in [0, 0.05) is 30.4 Å². The van der Waals surface area contributed by atoms with E-state index in [1.54, 1.807) is 11.3 Å². The summed E-state index contributed by atoms with van der Waals surface area (Å²) in [7, 11) is 1.83. The summed E-state index contributed by atoms with van der Waals surface area (Å²) in [4.78, 5) is 4.79.